The lowest BCUT2D eigenvalue weighted by Gasteiger charge is -2.12. The summed E-state index contributed by atoms with van der Waals surface area (Å²) in [6.45, 7) is 0. The molecule has 3 aromatic rings. The van der Waals surface area contributed by atoms with Gasteiger partial charge in [0.25, 0.3) is 17.5 Å². The zero-order valence-electron chi connectivity index (χ0n) is 15.8. The van der Waals surface area contributed by atoms with Crippen molar-refractivity contribution >= 4 is 57.8 Å². The predicted molar refractivity (Wildman–Crippen MR) is 123 cm³/mol. The van der Waals surface area contributed by atoms with Gasteiger partial charge >= 0.3 is 0 Å². The minimum Gasteiger partial charge on any atom is -0.332 e. The normalized spacial score (nSPS) is 10.1. The van der Waals surface area contributed by atoms with Crippen LogP contribution in [0.1, 0.15) is 20.7 Å². The zero-order valence-corrected chi connectivity index (χ0v) is 17.4. The van der Waals surface area contributed by atoms with Gasteiger partial charge in [0.15, 0.2) is 5.11 Å². The highest BCUT2D eigenvalue weighted by Crippen LogP contribution is 2.19. The van der Waals surface area contributed by atoms with Crippen LogP contribution in [0.25, 0.3) is 0 Å². The van der Waals surface area contributed by atoms with E-state index in [9.17, 15) is 19.7 Å². The Balaban J connectivity index is 1.61. The number of anilines is 2. The molecule has 0 fully saturated rings. The molecular weight excluding hydrogens is 440 g/mol. The van der Waals surface area contributed by atoms with Crippen molar-refractivity contribution in [3.8, 4) is 0 Å². The van der Waals surface area contributed by atoms with Crippen molar-refractivity contribution in [3.63, 3.8) is 0 Å². The van der Waals surface area contributed by atoms with E-state index in [0.717, 1.165) is 0 Å². The monoisotopic (exact) mass is 454 g/mol. The average molecular weight is 455 g/mol. The van der Waals surface area contributed by atoms with E-state index < -0.39 is 10.8 Å². The second kappa shape index (κ2) is 9.79. The topological polar surface area (TPSA) is 113 Å². The Hall–Kier alpha value is -3.82. The first-order chi connectivity index (χ1) is 14.8. The van der Waals surface area contributed by atoms with Gasteiger partial charge in [-0.2, -0.15) is 0 Å². The number of benzene rings is 3. The van der Waals surface area contributed by atoms with Crippen molar-refractivity contribution in [1.29, 1.82) is 0 Å². The zero-order chi connectivity index (χ0) is 22.4. The first-order valence-electron chi connectivity index (χ1n) is 8.86. The van der Waals surface area contributed by atoms with Crippen LogP contribution < -0.4 is 16.0 Å². The number of hydrogen-bond donors (Lipinski definition) is 3. The van der Waals surface area contributed by atoms with E-state index in [2.05, 4.69) is 16.0 Å². The number of halogens is 1. The molecule has 0 spiro atoms. The standard InChI is InChI=1S/C21H15ClN4O4S/c22-18-7-2-1-6-17(18)20(28)23-14-4-3-5-15(12-14)24-21(31)25-19(27)13-8-10-16(11-9-13)26(29)30/h1-12H,(H,23,28)(H2,24,25,27,31). The van der Waals surface area contributed by atoms with Crippen molar-refractivity contribution in [3.05, 3.63) is 99.1 Å². The van der Waals surface area contributed by atoms with Crippen LogP contribution in [-0.2, 0) is 0 Å². The molecule has 0 aliphatic heterocycles. The molecule has 8 nitrogen and oxygen atoms in total. The number of nitrogens with zero attached hydrogens (tertiary/aromatic N) is 1. The number of hydrogen-bond acceptors (Lipinski definition) is 5. The summed E-state index contributed by atoms with van der Waals surface area (Å²) in [6.07, 6.45) is 0. The second-order valence-electron chi connectivity index (χ2n) is 6.23. The lowest BCUT2D eigenvalue weighted by molar-refractivity contribution is -0.384. The van der Waals surface area contributed by atoms with Crippen LogP contribution >= 0.6 is 23.8 Å². The van der Waals surface area contributed by atoms with Crippen molar-refractivity contribution < 1.29 is 14.5 Å². The maximum atomic E-state index is 12.4. The lowest BCUT2D eigenvalue weighted by Crippen LogP contribution is -2.34. The van der Waals surface area contributed by atoms with Crippen molar-refractivity contribution in [2.75, 3.05) is 10.6 Å². The molecule has 156 valence electrons. The third kappa shape index (κ3) is 5.84. The minimum atomic E-state index is -0.550. The van der Waals surface area contributed by atoms with Gasteiger partial charge in [-0.15, -0.1) is 0 Å². The SMILES string of the molecule is O=C(NC(=S)Nc1cccc(NC(=O)c2ccccc2Cl)c1)c1ccc([N+](=O)[O-])cc1. The van der Waals surface area contributed by atoms with Crippen molar-refractivity contribution in [2.24, 2.45) is 0 Å². The Kier molecular flexibility index (Phi) is 6.91. The van der Waals surface area contributed by atoms with Crippen LogP contribution in [0.4, 0.5) is 17.1 Å². The van der Waals surface area contributed by atoms with E-state index in [1.807, 2.05) is 0 Å². The fraction of sp³-hybridized carbons (Fsp3) is 0. The molecule has 0 heterocycles. The van der Waals surface area contributed by atoms with Gasteiger partial charge < -0.3 is 10.6 Å². The predicted octanol–water partition coefficient (Wildman–Crippen LogP) is 4.63. The summed E-state index contributed by atoms with van der Waals surface area (Å²) < 4.78 is 0. The highest BCUT2D eigenvalue weighted by atomic mass is 35.5. The van der Waals surface area contributed by atoms with Crippen LogP contribution in [0.3, 0.4) is 0 Å². The Morgan fingerprint density at radius 1 is 0.871 bits per heavy atom. The molecule has 0 saturated heterocycles. The third-order valence-electron chi connectivity index (χ3n) is 4.06. The van der Waals surface area contributed by atoms with E-state index in [0.29, 0.717) is 22.0 Å². The van der Waals surface area contributed by atoms with Gasteiger partial charge in [-0.25, -0.2) is 0 Å². The van der Waals surface area contributed by atoms with Crippen LogP contribution in [0.5, 0.6) is 0 Å². The highest BCUT2D eigenvalue weighted by molar-refractivity contribution is 7.80. The van der Waals surface area contributed by atoms with Gasteiger partial charge in [-0.3, -0.25) is 25.0 Å². The van der Waals surface area contributed by atoms with Gasteiger partial charge in [0.2, 0.25) is 0 Å². The smallest absolute Gasteiger partial charge is 0.269 e. The summed E-state index contributed by atoms with van der Waals surface area (Å²) in [5, 5.41) is 19.1. The number of carbonyl (C=O) groups excluding carboxylic acids is 2. The van der Waals surface area contributed by atoms with Gasteiger partial charge in [0, 0.05) is 29.1 Å². The molecule has 3 aromatic carbocycles. The van der Waals surface area contributed by atoms with E-state index in [-0.39, 0.29) is 22.3 Å². The molecule has 0 unspecified atom stereocenters. The first kappa shape index (κ1) is 21.9. The second-order valence-corrected chi connectivity index (χ2v) is 7.04. The molecule has 2 amide bonds. The first-order valence-corrected chi connectivity index (χ1v) is 9.65. The van der Waals surface area contributed by atoms with Crippen molar-refractivity contribution in [1.82, 2.24) is 5.32 Å². The Labute approximate surface area is 187 Å². The molecule has 0 saturated carbocycles. The molecule has 0 aromatic heterocycles. The molecule has 0 bridgehead atoms. The fourth-order valence-electron chi connectivity index (χ4n) is 2.59. The van der Waals surface area contributed by atoms with E-state index in [4.69, 9.17) is 23.8 Å². The van der Waals surface area contributed by atoms with E-state index in [1.165, 1.54) is 24.3 Å². The number of amides is 2. The molecule has 0 aliphatic rings. The van der Waals surface area contributed by atoms with Crippen molar-refractivity contribution in [2.45, 2.75) is 0 Å². The molecule has 0 radical (unpaired) electrons. The highest BCUT2D eigenvalue weighted by Gasteiger charge is 2.12. The quantitative estimate of drug-likeness (QED) is 0.294. The molecule has 10 heteroatoms. The van der Waals surface area contributed by atoms with Crippen LogP contribution in [-0.4, -0.2) is 21.9 Å². The number of rotatable bonds is 5. The maximum Gasteiger partial charge on any atom is 0.269 e. The largest absolute Gasteiger partial charge is 0.332 e. The maximum absolute atomic E-state index is 12.4. The summed E-state index contributed by atoms with van der Waals surface area (Å²) in [4.78, 5) is 34.8. The molecular formula is C21H15ClN4O4S. The average Bonchev–Trinajstić information content (AvgIpc) is 2.74. The summed E-state index contributed by atoms with van der Waals surface area (Å²) in [7, 11) is 0. The van der Waals surface area contributed by atoms with Crippen LogP contribution in [0, 0.1) is 10.1 Å². The summed E-state index contributed by atoms with van der Waals surface area (Å²) in [5.41, 5.74) is 1.47. The molecule has 3 rings (SSSR count). The summed E-state index contributed by atoms with van der Waals surface area (Å²) >= 11 is 11.2. The molecule has 31 heavy (non-hydrogen) atoms. The van der Waals surface area contributed by atoms with Crippen LogP contribution in [0.15, 0.2) is 72.8 Å². The van der Waals surface area contributed by atoms with E-state index in [1.54, 1.807) is 48.5 Å². The third-order valence-corrected chi connectivity index (χ3v) is 4.60. The van der Waals surface area contributed by atoms with Gasteiger partial charge in [0.1, 0.15) is 0 Å². The van der Waals surface area contributed by atoms with Gasteiger partial charge in [-0.1, -0.05) is 29.8 Å². The number of nitrogens with one attached hydrogen (secondary N) is 3. The number of nitro benzene ring substituents is 1. The number of nitro groups is 1. The molecule has 0 atom stereocenters. The summed E-state index contributed by atoms with van der Waals surface area (Å²) in [5.74, 6) is -0.882. The Morgan fingerprint density at radius 2 is 1.52 bits per heavy atom. The number of thiocarbonyl (C=S) groups is 1. The van der Waals surface area contributed by atoms with Gasteiger partial charge in [0.05, 0.1) is 15.5 Å². The fourth-order valence-corrected chi connectivity index (χ4v) is 3.02. The Morgan fingerprint density at radius 3 is 2.16 bits per heavy atom. The molecule has 0 aliphatic carbocycles. The van der Waals surface area contributed by atoms with E-state index >= 15 is 0 Å². The van der Waals surface area contributed by atoms with Crippen LogP contribution in [0.2, 0.25) is 5.02 Å². The lowest BCUT2D eigenvalue weighted by atomic mass is 10.2. The number of carbonyl (C=O) groups is 2. The van der Waals surface area contributed by atoms with Gasteiger partial charge in [-0.05, 0) is 54.7 Å². The number of non-ortho nitro benzene ring substituents is 1. The molecule has 3 N–H and O–H groups in total. The minimum absolute atomic E-state index is 0.0259. The Bertz CT molecular complexity index is 1170. The summed E-state index contributed by atoms with van der Waals surface area (Å²) in [6, 6.07) is 18.6.